The molecule has 0 radical (unpaired) electrons. The van der Waals surface area contributed by atoms with Crippen molar-refractivity contribution in [2.24, 2.45) is 0 Å². The number of benzene rings is 2. The summed E-state index contributed by atoms with van der Waals surface area (Å²) in [5, 5.41) is 3.37. The summed E-state index contributed by atoms with van der Waals surface area (Å²) in [5.74, 6) is -1.21. The van der Waals surface area contributed by atoms with Crippen molar-refractivity contribution in [3.63, 3.8) is 0 Å². The number of aromatic nitrogens is 1. The Morgan fingerprint density at radius 1 is 1.12 bits per heavy atom. The maximum Gasteiger partial charge on any atom is 0.340 e. The van der Waals surface area contributed by atoms with Crippen LogP contribution in [0.1, 0.15) is 10.4 Å². The molecule has 1 heterocycles. The van der Waals surface area contributed by atoms with Crippen molar-refractivity contribution in [3.8, 4) is 0 Å². The lowest BCUT2D eigenvalue weighted by Crippen LogP contribution is -2.21. The molecule has 0 saturated carbocycles. The van der Waals surface area contributed by atoms with Crippen LogP contribution in [0.15, 0.2) is 42.5 Å². The fraction of sp³-hybridized carbons (Fsp3) is 0.0625. The number of nitrogens with one attached hydrogen (secondary N) is 1. The van der Waals surface area contributed by atoms with Crippen molar-refractivity contribution in [2.45, 2.75) is 0 Å². The maximum absolute atomic E-state index is 12.0. The van der Waals surface area contributed by atoms with Gasteiger partial charge in [0.2, 0.25) is 0 Å². The van der Waals surface area contributed by atoms with Gasteiger partial charge in [-0.1, -0.05) is 52.7 Å². The third kappa shape index (κ3) is 3.67. The van der Waals surface area contributed by atoms with E-state index in [0.717, 1.165) is 10.2 Å². The van der Waals surface area contributed by atoms with E-state index in [-0.39, 0.29) is 15.6 Å². The van der Waals surface area contributed by atoms with Gasteiger partial charge in [0.25, 0.3) is 5.91 Å². The molecule has 0 bridgehead atoms. The summed E-state index contributed by atoms with van der Waals surface area (Å²) >= 11 is 13.1. The second kappa shape index (κ2) is 7.17. The van der Waals surface area contributed by atoms with Crippen LogP contribution in [0.2, 0.25) is 10.0 Å². The number of anilines is 1. The molecule has 0 aliphatic carbocycles. The Kier molecular flexibility index (Phi) is 4.99. The Hall–Kier alpha value is -2.15. The molecule has 1 N–H and O–H groups in total. The third-order valence-corrected chi connectivity index (χ3v) is 4.82. The van der Waals surface area contributed by atoms with Gasteiger partial charge in [-0.3, -0.25) is 10.1 Å². The predicted octanol–water partition coefficient (Wildman–Crippen LogP) is 4.40. The number of thiazole rings is 1. The highest BCUT2D eigenvalue weighted by Crippen LogP contribution is 2.26. The van der Waals surface area contributed by atoms with E-state index < -0.39 is 18.5 Å². The van der Waals surface area contributed by atoms with E-state index in [9.17, 15) is 9.59 Å². The zero-order valence-electron chi connectivity index (χ0n) is 12.1. The molecule has 1 aromatic heterocycles. The third-order valence-electron chi connectivity index (χ3n) is 3.05. The number of rotatable bonds is 4. The summed E-state index contributed by atoms with van der Waals surface area (Å²) in [6.45, 7) is -0.447. The Morgan fingerprint density at radius 2 is 1.92 bits per heavy atom. The number of amides is 1. The predicted molar refractivity (Wildman–Crippen MR) is 95.0 cm³/mol. The van der Waals surface area contributed by atoms with Gasteiger partial charge >= 0.3 is 5.97 Å². The minimum atomic E-state index is -0.720. The average molecular weight is 381 g/mol. The minimum Gasteiger partial charge on any atom is -0.452 e. The standard InChI is InChI=1S/C16H10Cl2N2O3S/c17-10-5-3-4-9(14(10)18)15(22)23-8-13(21)20-16-19-11-6-1-2-7-12(11)24-16/h1-7H,8H2,(H,19,20,21). The quantitative estimate of drug-likeness (QED) is 0.681. The SMILES string of the molecule is O=C(COC(=O)c1cccc(Cl)c1Cl)Nc1nc2ccccc2s1. The molecule has 0 saturated heterocycles. The van der Waals surface area contributed by atoms with E-state index >= 15 is 0 Å². The van der Waals surface area contributed by atoms with Crippen LogP contribution in [0.25, 0.3) is 10.2 Å². The van der Waals surface area contributed by atoms with Gasteiger partial charge in [0, 0.05) is 0 Å². The van der Waals surface area contributed by atoms with E-state index in [4.69, 9.17) is 27.9 Å². The van der Waals surface area contributed by atoms with Crippen LogP contribution >= 0.6 is 34.5 Å². The summed E-state index contributed by atoms with van der Waals surface area (Å²) in [4.78, 5) is 28.1. The molecule has 24 heavy (non-hydrogen) atoms. The van der Waals surface area contributed by atoms with E-state index in [1.54, 1.807) is 12.1 Å². The Morgan fingerprint density at radius 3 is 2.71 bits per heavy atom. The van der Waals surface area contributed by atoms with Crippen LogP contribution in [0.5, 0.6) is 0 Å². The number of hydrogen-bond donors (Lipinski definition) is 1. The molecule has 122 valence electrons. The summed E-state index contributed by atoms with van der Waals surface area (Å²) in [5.41, 5.74) is 0.900. The molecule has 3 aromatic rings. The molecule has 8 heteroatoms. The number of fused-ring (bicyclic) bond motifs is 1. The van der Waals surface area contributed by atoms with Gasteiger partial charge in [-0.2, -0.15) is 0 Å². The normalized spacial score (nSPS) is 10.6. The highest BCUT2D eigenvalue weighted by molar-refractivity contribution is 7.22. The summed E-state index contributed by atoms with van der Waals surface area (Å²) in [6.07, 6.45) is 0. The van der Waals surface area contributed by atoms with Gasteiger partial charge in [0.05, 0.1) is 25.8 Å². The Balaban J connectivity index is 1.61. The monoisotopic (exact) mass is 380 g/mol. The van der Waals surface area contributed by atoms with Crippen molar-refractivity contribution in [2.75, 3.05) is 11.9 Å². The number of carbonyl (C=O) groups excluding carboxylic acids is 2. The van der Waals surface area contributed by atoms with Crippen LogP contribution in [0.4, 0.5) is 5.13 Å². The van der Waals surface area contributed by atoms with Gasteiger partial charge in [-0.15, -0.1) is 0 Å². The minimum absolute atomic E-state index is 0.0933. The molecule has 0 aliphatic heterocycles. The first-order valence-electron chi connectivity index (χ1n) is 6.81. The molecule has 2 aromatic carbocycles. The van der Waals surface area contributed by atoms with Gasteiger partial charge in [0.1, 0.15) is 0 Å². The highest BCUT2D eigenvalue weighted by Gasteiger charge is 2.16. The molecule has 5 nitrogen and oxygen atoms in total. The number of hydrogen-bond acceptors (Lipinski definition) is 5. The zero-order chi connectivity index (χ0) is 17.1. The van der Waals surface area contributed by atoms with Crippen molar-refractivity contribution < 1.29 is 14.3 Å². The Bertz CT molecular complexity index is 894. The number of nitrogens with zero attached hydrogens (tertiary/aromatic N) is 1. The van der Waals surface area contributed by atoms with Crippen LogP contribution in [0, 0.1) is 0 Å². The first kappa shape index (κ1) is 16.7. The molecule has 3 rings (SSSR count). The summed E-state index contributed by atoms with van der Waals surface area (Å²) in [7, 11) is 0. The number of para-hydroxylation sites is 1. The lowest BCUT2D eigenvalue weighted by Gasteiger charge is -2.06. The molecule has 0 spiro atoms. The molecule has 0 atom stereocenters. The number of halogens is 2. The second-order valence-electron chi connectivity index (χ2n) is 4.71. The lowest BCUT2D eigenvalue weighted by atomic mass is 10.2. The molecule has 1 amide bonds. The first-order chi connectivity index (χ1) is 11.5. The average Bonchev–Trinajstić information content (AvgIpc) is 2.97. The molecular formula is C16H10Cl2N2O3S. The van der Waals surface area contributed by atoms with Crippen molar-refractivity contribution in [1.82, 2.24) is 4.98 Å². The van der Waals surface area contributed by atoms with Crippen LogP contribution in [-0.4, -0.2) is 23.5 Å². The van der Waals surface area contributed by atoms with E-state index in [1.807, 2.05) is 24.3 Å². The number of ether oxygens (including phenoxy) is 1. The number of esters is 1. The topological polar surface area (TPSA) is 68.3 Å². The maximum atomic E-state index is 12.0. The fourth-order valence-electron chi connectivity index (χ4n) is 1.95. The summed E-state index contributed by atoms with van der Waals surface area (Å²) < 4.78 is 5.91. The van der Waals surface area contributed by atoms with Gasteiger partial charge in [-0.25, -0.2) is 9.78 Å². The van der Waals surface area contributed by atoms with Crippen LogP contribution in [0.3, 0.4) is 0 Å². The van der Waals surface area contributed by atoms with Crippen LogP contribution < -0.4 is 5.32 Å². The largest absolute Gasteiger partial charge is 0.452 e. The molecule has 0 fully saturated rings. The smallest absolute Gasteiger partial charge is 0.340 e. The van der Waals surface area contributed by atoms with Crippen molar-refractivity contribution >= 4 is 61.8 Å². The summed E-state index contributed by atoms with van der Waals surface area (Å²) in [6, 6.07) is 12.1. The Labute approximate surface area is 151 Å². The van der Waals surface area contributed by atoms with Gasteiger partial charge in [-0.05, 0) is 24.3 Å². The van der Waals surface area contributed by atoms with Gasteiger partial charge < -0.3 is 4.74 Å². The number of carbonyl (C=O) groups is 2. The molecule has 0 aliphatic rings. The van der Waals surface area contributed by atoms with E-state index in [1.165, 1.54) is 17.4 Å². The molecule has 0 unspecified atom stereocenters. The fourth-order valence-corrected chi connectivity index (χ4v) is 3.21. The zero-order valence-corrected chi connectivity index (χ0v) is 14.4. The lowest BCUT2D eigenvalue weighted by molar-refractivity contribution is -0.119. The van der Waals surface area contributed by atoms with E-state index in [0.29, 0.717) is 5.13 Å². The van der Waals surface area contributed by atoms with Crippen molar-refractivity contribution in [3.05, 3.63) is 58.1 Å². The second-order valence-corrected chi connectivity index (χ2v) is 6.53. The van der Waals surface area contributed by atoms with E-state index in [2.05, 4.69) is 10.3 Å². The van der Waals surface area contributed by atoms with Crippen LogP contribution in [-0.2, 0) is 9.53 Å². The van der Waals surface area contributed by atoms with Gasteiger partial charge in [0.15, 0.2) is 11.7 Å². The first-order valence-corrected chi connectivity index (χ1v) is 8.38. The molecular weight excluding hydrogens is 371 g/mol. The highest BCUT2D eigenvalue weighted by atomic mass is 35.5. The van der Waals surface area contributed by atoms with Crippen molar-refractivity contribution in [1.29, 1.82) is 0 Å².